The van der Waals surface area contributed by atoms with Crippen LogP contribution in [0.1, 0.15) is 28.9 Å². The van der Waals surface area contributed by atoms with Crippen molar-refractivity contribution < 1.29 is 9.32 Å². The Bertz CT molecular complexity index is 752. The van der Waals surface area contributed by atoms with Crippen LogP contribution in [-0.4, -0.2) is 26.0 Å². The number of aryl methyl sites for hydroxylation is 1. The third-order valence-corrected chi connectivity index (χ3v) is 3.75. The molecule has 0 aromatic carbocycles. The fourth-order valence-corrected chi connectivity index (χ4v) is 2.39. The molecule has 0 aliphatic heterocycles. The van der Waals surface area contributed by atoms with Gasteiger partial charge in [-0.15, -0.1) is 11.3 Å². The van der Waals surface area contributed by atoms with E-state index in [1.54, 1.807) is 0 Å². The Morgan fingerprint density at radius 3 is 2.82 bits per heavy atom. The minimum atomic E-state index is -0.273. The molecule has 0 spiro atoms. The molecule has 0 radical (unpaired) electrons. The summed E-state index contributed by atoms with van der Waals surface area (Å²) in [4.78, 5) is 25.3. The van der Waals surface area contributed by atoms with Crippen LogP contribution < -0.4 is 5.32 Å². The molecule has 0 saturated heterocycles. The number of hydrogen-bond donors (Lipinski definition) is 1. The van der Waals surface area contributed by atoms with E-state index in [0.717, 1.165) is 11.3 Å². The van der Waals surface area contributed by atoms with E-state index in [1.165, 1.54) is 23.7 Å². The Balaban J connectivity index is 1.61. The number of hydrogen-bond acceptors (Lipinski definition) is 7. The number of nitrogens with one attached hydrogen (secondary N) is 1. The maximum atomic E-state index is 12.0. The van der Waals surface area contributed by atoms with Gasteiger partial charge in [-0.25, -0.2) is 9.97 Å². The van der Waals surface area contributed by atoms with E-state index in [-0.39, 0.29) is 12.5 Å². The number of carbonyl (C=O) groups excluding carboxylic acids is 1. The number of carbonyl (C=O) groups is 1. The van der Waals surface area contributed by atoms with Crippen molar-refractivity contribution in [3.05, 3.63) is 47.1 Å². The van der Waals surface area contributed by atoms with Gasteiger partial charge < -0.3 is 9.84 Å². The minimum Gasteiger partial charge on any atom is -0.345 e. The topological polar surface area (TPSA) is 93.8 Å². The highest BCUT2D eigenvalue weighted by Crippen LogP contribution is 2.22. The molecule has 1 N–H and O–H groups in total. The maximum absolute atomic E-state index is 12.0. The summed E-state index contributed by atoms with van der Waals surface area (Å²) in [5.74, 6) is 1.30. The van der Waals surface area contributed by atoms with Crippen molar-refractivity contribution in [3.8, 4) is 10.8 Å². The molecule has 3 heterocycles. The quantitative estimate of drug-likeness (QED) is 0.774. The lowest BCUT2D eigenvalue weighted by Gasteiger charge is -2.02. The van der Waals surface area contributed by atoms with E-state index in [0.29, 0.717) is 23.1 Å². The van der Waals surface area contributed by atoms with Crippen LogP contribution in [0.2, 0.25) is 0 Å². The highest BCUT2D eigenvalue weighted by molar-refractivity contribution is 7.13. The summed E-state index contributed by atoms with van der Waals surface area (Å²) in [5, 5.41) is 8.48. The summed E-state index contributed by atoms with van der Waals surface area (Å²) in [6.07, 6.45) is 3.75. The van der Waals surface area contributed by atoms with Gasteiger partial charge in [0.15, 0.2) is 5.82 Å². The van der Waals surface area contributed by atoms with Crippen molar-refractivity contribution in [2.24, 2.45) is 0 Å². The van der Waals surface area contributed by atoms with Gasteiger partial charge in [-0.2, -0.15) is 4.98 Å². The van der Waals surface area contributed by atoms with Crippen LogP contribution in [0, 0.1) is 0 Å². The first-order valence-electron chi connectivity index (χ1n) is 6.72. The van der Waals surface area contributed by atoms with Crippen LogP contribution in [0.5, 0.6) is 0 Å². The molecule has 7 nitrogen and oxygen atoms in total. The van der Waals surface area contributed by atoms with Crippen LogP contribution in [0.25, 0.3) is 10.8 Å². The van der Waals surface area contributed by atoms with Crippen molar-refractivity contribution >= 4 is 17.2 Å². The number of amides is 1. The lowest BCUT2D eigenvalue weighted by Crippen LogP contribution is -2.23. The predicted molar refractivity (Wildman–Crippen MR) is 80.2 cm³/mol. The van der Waals surface area contributed by atoms with Crippen LogP contribution in [0.4, 0.5) is 0 Å². The van der Waals surface area contributed by atoms with Gasteiger partial charge in [0.25, 0.3) is 11.8 Å². The van der Waals surface area contributed by atoms with Crippen molar-refractivity contribution in [3.63, 3.8) is 0 Å². The van der Waals surface area contributed by atoms with Gasteiger partial charge >= 0.3 is 0 Å². The Labute approximate surface area is 130 Å². The van der Waals surface area contributed by atoms with Gasteiger partial charge in [0.2, 0.25) is 0 Å². The molecule has 3 rings (SSSR count). The predicted octanol–water partition coefficient (Wildman–Crippen LogP) is 2.08. The average molecular weight is 315 g/mol. The summed E-state index contributed by atoms with van der Waals surface area (Å²) in [7, 11) is 0. The third-order valence-electron chi connectivity index (χ3n) is 2.89. The molecule has 112 valence electrons. The maximum Gasteiger partial charge on any atom is 0.268 e. The molecule has 0 aliphatic rings. The molecule has 0 atom stereocenters. The largest absolute Gasteiger partial charge is 0.345 e. The Morgan fingerprint density at radius 2 is 2.14 bits per heavy atom. The highest BCUT2D eigenvalue weighted by Gasteiger charge is 2.12. The van der Waals surface area contributed by atoms with Crippen molar-refractivity contribution in [1.29, 1.82) is 0 Å². The van der Waals surface area contributed by atoms with Crippen LogP contribution >= 0.6 is 11.3 Å². The molecule has 1 amide bonds. The summed E-state index contributed by atoms with van der Waals surface area (Å²) in [5.41, 5.74) is 0.402. The second kappa shape index (κ2) is 6.44. The number of rotatable bonds is 5. The second-order valence-electron chi connectivity index (χ2n) is 4.42. The molecule has 0 fully saturated rings. The number of nitrogens with zero attached hydrogens (tertiary/aromatic N) is 4. The van der Waals surface area contributed by atoms with Gasteiger partial charge in [-0.05, 0) is 11.4 Å². The molecule has 8 heteroatoms. The Morgan fingerprint density at radius 1 is 1.32 bits per heavy atom. The van der Waals surface area contributed by atoms with Crippen LogP contribution in [0.3, 0.4) is 0 Å². The van der Waals surface area contributed by atoms with E-state index >= 15 is 0 Å². The first-order chi connectivity index (χ1) is 10.8. The van der Waals surface area contributed by atoms with Gasteiger partial charge in [0.05, 0.1) is 17.0 Å². The lowest BCUT2D eigenvalue weighted by atomic mass is 10.3. The zero-order valence-corrected chi connectivity index (χ0v) is 12.6. The van der Waals surface area contributed by atoms with Crippen molar-refractivity contribution in [2.75, 3.05) is 0 Å². The van der Waals surface area contributed by atoms with Crippen molar-refractivity contribution in [2.45, 2.75) is 19.9 Å². The summed E-state index contributed by atoms with van der Waals surface area (Å²) >= 11 is 1.51. The normalized spacial score (nSPS) is 10.6. The van der Waals surface area contributed by atoms with E-state index in [9.17, 15) is 4.79 Å². The van der Waals surface area contributed by atoms with Gasteiger partial charge in [-0.1, -0.05) is 18.1 Å². The smallest absolute Gasteiger partial charge is 0.268 e. The zero-order chi connectivity index (χ0) is 15.4. The van der Waals surface area contributed by atoms with Crippen molar-refractivity contribution in [1.82, 2.24) is 25.4 Å². The summed E-state index contributed by atoms with van der Waals surface area (Å²) in [6.45, 7) is 2.14. The van der Waals surface area contributed by atoms with E-state index in [2.05, 4.69) is 25.4 Å². The monoisotopic (exact) mass is 315 g/mol. The molecule has 3 aromatic rings. The van der Waals surface area contributed by atoms with E-state index in [4.69, 9.17) is 4.52 Å². The highest BCUT2D eigenvalue weighted by atomic mass is 32.1. The molecule has 3 aromatic heterocycles. The summed E-state index contributed by atoms with van der Waals surface area (Å²) < 4.78 is 5.15. The fraction of sp³-hybridized carbons (Fsp3) is 0.214. The SMILES string of the molecule is CCc1ncc(C(=O)NCc2noc(-c3cccs3)n2)cn1. The molecule has 0 saturated carbocycles. The number of thiophene rings is 1. The molecule has 22 heavy (non-hydrogen) atoms. The average Bonchev–Trinajstić information content (AvgIpc) is 3.23. The van der Waals surface area contributed by atoms with Gasteiger partial charge in [-0.3, -0.25) is 4.79 Å². The second-order valence-corrected chi connectivity index (χ2v) is 5.36. The fourth-order valence-electron chi connectivity index (χ4n) is 1.74. The van der Waals surface area contributed by atoms with Gasteiger partial charge in [0, 0.05) is 18.8 Å². The third kappa shape index (κ3) is 3.17. The van der Waals surface area contributed by atoms with E-state index < -0.39 is 0 Å². The van der Waals surface area contributed by atoms with Crippen LogP contribution in [0.15, 0.2) is 34.4 Å². The Hall–Kier alpha value is -2.61. The summed E-state index contributed by atoms with van der Waals surface area (Å²) in [6, 6.07) is 3.80. The Kier molecular flexibility index (Phi) is 4.19. The first kappa shape index (κ1) is 14.3. The molecule has 0 bridgehead atoms. The van der Waals surface area contributed by atoms with Gasteiger partial charge in [0.1, 0.15) is 5.82 Å². The van der Waals surface area contributed by atoms with E-state index in [1.807, 2.05) is 24.4 Å². The standard InChI is InChI=1S/C14H13N5O2S/c1-2-11-15-6-9(7-16-11)13(20)17-8-12-18-14(21-19-12)10-4-3-5-22-10/h3-7H,2,8H2,1H3,(H,17,20). The molecular weight excluding hydrogens is 302 g/mol. The molecular formula is C14H13N5O2S. The first-order valence-corrected chi connectivity index (χ1v) is 7.60. The minimum absolute atomic E-state index is 0.184. The number of aromatic nitrogens is 4. The molecule has 0 aliphatic carbocycles. The zero-order valence-electron chi connectivity index (χ0n) is 11.8. The van der Waals surface area contributed by atoms with Crippen LogP contribution in [-0.2, 0) is 13.0 Å². The lowest BCUT2D eigenvalue weighted by molar-refractivity contribution is 0.0949. The molecule has 0 unspecified atom stereocenters.